The lowest BCUT2D eigenvalue weighted by molar-refractivity contribution is -0.0267. The monoisotopic (exact) mass is 345 g/mol. The van der Waals surface area contributed by atoms with Gasteiger partial charge in [-0.1, -0.05) is 0 Å². The lowest BCUT2D eigenvalue weighted by atomic mass is 10.1. The van der Waals surface area contributed by atoms with E-state index in [9.17, 15) is 4.79 Å². The van der Waals surface area contributed by atoms with E-state index in [2.05, 4.69) is 15.4 Å². The van der Waals surface area contributed by atoms with E-state index in [4.69, 9.17) is 9.15 Å². The molecule has 0 aromatic carbocycles. The van der Waals surface area contributed by atoms with Crippen LogP contribution in [0.1, 0.15) is 48.2 Å². The number of nitrogens with one attached hydrogen (secondary N) is 1. The number of furan rings is 1. The predicted octanol–water partition coefficient (Wildman–Crippen LogP) is 2.11. The fourth-order valence-corrected chi connectivity index (χ4v) is 3.48. The van der Waals surface area contributed by atoms with Crippen LogP contribution in [0, 0.1) is 13.8 Å². The highest BCUT2D eigenvalue weighted by molar-refractivity contribution is 5.74. The normalized spacial score (nSPS) is 23.4. The molecule has 8 nitrogen and oxygen atoms in total. The van der Waals surface area contributed by atoms with E-state index in [1.54, 1.807) is 4.90 Å². The molecule has 0 aliphatic carbocycles. The number of hydrogen-bond acceptors (Lipinski definition) is 5. The highest BCUT2D eigenvalue weighted by Crippen LogP contribution is 2.26. The average Bonchev–Trinajstić information content (AvgIpc) is 3.20. The number of carbonyl (C=O) groups is 1. The maximum atomic E-state index is 12.7. The van der Waals surface area contributed by atoms with Gasteiger partial charge in [0.05, 0.1) is 19.2 Å². The van der Waals surface area contributed by atoms with Gasteiger partial charge in [0.2, 0.25) is 0 Å². The molecule has 134 valence electrons. The number of amides is 2. The summed E-state index contributed by atoms with van der Waals surface area (Å²) in [6.07, 6.45) is 1.65. The smallest absolute Gasteiger partial charge is 0.318 e. The van der Waals surface area contributed by atoms with Gasteiger partial charge in [0.25, 0.3) is 0 Å². The summed E-state index contributed by atoms with van der Waals surface area (Å²) in [6.45, 7) is 6.19. The molecule has 2 aliphatic rings. The largest absolute Gasteiger partial charge is 0.464 e. The third kappa shape index (κ3) is 3.26. The van der Waals surface area contributed by atoms with Gasteiger partial charge in [-0.15, -0.1) is 0 Å². The number of nitrogens with zero attached hydrogens (tertiary/aromatic N) is 4. The lowest BCUT2D eigenvalue weighted by Gasteiger charge is -2.33. The molecule has 2 atom stereocenters. The summed E-state index contributed by atoms with van der Waals surface area (Å²) in [7, 11) is 0. The van der Waals surface area contributed by atoms with E-state index in [1.807, 2.05) is 30.7 Å². The number of morpholine rings is 1. The Kier molecular flexibility index (Phi) is 4.20. The molecule has 0 spiro atoms. The molecule has 2 aromatic rings. The molecular formula is C17H23N5O3. The van der Waals surface area contributed by atoms with Crippen LogP contribution in [0.5, 0.6) is 0 Å². The molecule has 2 amide bonds. The van der Waals surface area contributed by atoms with Crippen LogP contribution < -0.4 is 5.32 Å². The second-order valence-corrected chi connectivity index (χ2v) is 6.64. The second-order valence-electron chi connectivity index (χ2n) is 6.64. The van der Waals surface area contributed by atoms with Crippen LogP contribution in [0.4, 0.5) is 4.79 Å². The Balaban J connectivity index is 1.43. The predicted molar refractivity (Wildman–Crippen MR) is 89.0 cm³/mol. The number of hydrogen-bond donors (Lipinski definition) is 1. The Morgan fingerprint density at radius 3 is 3.00 bits per heavy atom. The van der Waals surface area contributed by atoms with Gasteiger partial charge in [0, 0.05) is 13.1 Å². The number of carbonyl (C=O) groups excluding carboxylic acids is 1. The fourth-order valence-electron chi connectivity index (χ4n) is 3.48. The molecule has 8 heteroatoms. The van der Waals surface area contributed by atoms with Crippen molar-refractivity contribution in [1.29, 1.82) is 0 Å². The third-order valence-corrected chi connectivity index (χ3v) is 4.71. The standard InChI is InChI=1S/C17H23N5O3/c1-11-5-6-14(25-11)15-10-21(8-9-24-15)17(23)19-13-4-3-7-22-16(13)18-12(2)20-22/h5-6,13,15H,3-4,7-10H2,1-2H3,(H,19,23). The number of fused-ring (bicyclic) bond motifs is 1. The quantitative estimate of drug-likeness (QED) is 0.901. The number of urea groups is 1. The van der Waals surface area contributed by atoms with E-state index >= 15 is 0 Å². The summed E-state index contributed by atoms with van der Waals surface area (Å²) < 4.78 is 13.3. The molecule has 2 aliphatic heterocycles. The van der Waals surface area contributed by atoms with Crippen molar-refractivity contribution in [2.45, 2.75) is 45.4 Å². The zero-order chi connectivity index (χ0) is 17.4. The van der Waals surface area contributed by atoms with Crippen molar-refractivity contribution in [3.05, 3.63) is 35.3 Å². The molecule has 4 rings (SSSR count). The first-order chi connectivity index (χ1) is 12.1. The molecule has 4 heterocycles. The zero-order valence-corrected chi connectivity index (χ0v) is 14.6. The van der Waals surface area contributed by atoms with Gasteiger partial charge in [-0.2, -0.15) is 5.10 Å². The molecular weight excluding hydrogens is 322 g/mol. The highest BCUT2D eigenvalue weighted by Gasteiger charge is 2.31. The van der Waals surface area contributed by atoms with Gasteiger partial charge in [-0.25, -0.2) is 14.5 Å². The van der Waals surface area contributed by atoms with E-state index < -0.39 is 0 Å². The van der Waals surface area contributed by atoms with Crippen LogP contribution in [0.2, 0.25) is 0 Å². The Morgan fingerprint density at radius 1 is 1.32 bits per heavy atom. The van der Waals surface area contributed by atoms with Crippen molar-refractivity contribution in [1.82, 2.24) is 25.0 Å². The van der Waals surface area contributed by atoms with Gasteiger partial charge in [-0.3, -0.25) is 0 Å². The Labute approximate surface area is 146 Å². The third-order valence-electron chi connectivity index (χ3n) is 4.71. The minimum atomic E-state index is -0.217. The zero-order valence-electron chi connectivity index (χ0n) is 14.6. The Hall–Kier alpha value is -2.35. The highest BCUT2D eigenvalue weighted by atomic mass is 16.5. The van der Waals surface area contributed by atoms with Crippen molar-refractivity contribution in [3.8, 4) is 0 Å². The van der Waals surface area contributed by atoms with E-state index in [0.29, 0.717) is 19.7 Å². The average molecular weight is 345 g/mol. The maximum absolute atomic E-state index is 12.7. The van der Waals surface area contributed by atoms with Gasteiger partial charge in [0.15, 0.2) is 0 Å². The Bertz CT molecular complexity index is 768. The number of ether oxygens (including phenoxy) is 1. The molecule has 0 radical (unpaired) electrons. The van der Waals surface area contributed by atoms with Crippen LogP contribution >= 0.6 is 0 Å². The van der Waals surface area contributed by atoms with Crippen molar-refractivity contribution >= 4 is 6.03 Å². The van der Waals surface area contributed by atoms with Crippen molar-refractivity contribution < 1.29 is 13.9 Å². The summed E-state index contributed by atoms with van der Waals surface area (Å²) >= 11 is 0. The van der Waals surface area contributed by atoms with Crippen LogP contribution in [0.3, 0.4) is 0 Å². The molecule has 2 aromatic heterocycles. The summed E-state index contributed by atoms with van der Waals surface area (Å²) in [5, 5.41) is 7.50. The molecule has 25 heavy (non-hydrogen) atoms. The van der Waals surface area contributed by atoms with Gasteiger partial charge in [-0.05, 0) is 38.8 Å². The first-order valence-corrected chi connectivity index (χ1v) is 8.75. The maximum Gasteiger partial charge on any atom is 0.318 e. The minimum Gasteiger partial charge on any atom is -0.464 e. The molecule has 2 unspecified atom stereocenters. The first-order valence-electron chi connectivity index (χ1n) is 8.75. The summed E-state index contributed by atoms with van der Waals surface area (Å²) in [5.74, 6) is 3.21. The molecule has 1 saturated heterocycles. The number of rotatable bonds is 2. The fraction of sp³-hybridized carbons (Fsp3) is 0.588. The lowest BCUT2D eigenvalue weighted by Crippen LogP contribution is -2.48. The summed E-state index contributed by atoms with van der Waals surface area (Å²) in [6, 6.07) is 3.65. The molecule has 1 fully saturated rings. The van der Waals surface area contributed by atoms with Gasteiger partial charge >= 0.3 is 6.03 Å². The summed E-state index contributed by atoms with van der Waals surface area (Å²) in [5.41, 5.74) is 0. The van der Waals surface area contributed by atoms with Crippen LogP contribution in [0.25, 0.3) is 0 Å². The SMILES string of the molecule is Cc1nc2n(n1)CCCC2NC(=O)N1CCOC(c2ccc(C)o2)C1. The summed E-state index contributed by atoms with van der Waals surface area (Å²) in [4.78, 5) is 19.0. The minimum absolute atomic E-state index is 0.0873. The van der Waals surface area contributed by atoms with Crippen LogP contribution in [-0.2, 0) is 11.3 Å². The second kappa shape index (κ2) is 6.51. The first kappa shape index (κ1) is 16.1. The van der Waals surface area contributed by atoms with Crippen molar-refractivity contribution in [3.63, 3.8) is 0 Å². The molecule has 1 N–H and O–H groups in total. The van der Waals surface area contributed by atoms with Gasteiger partial charge in [0.1, 0.15) is 29.3 Å². The Morgan fingerprint density at radius 2 is 2.20 bits per heavy atom. The molecule has 0 saturated carbocycles. The van der Waals surface area contributed by atoms with E-state index in [-0.39, 0.29) is 18.2 Å². The number of aromatic nitrogens is 3. The van der Waals surface area contributed by atoms with Crippen molar-refractivity contribution in [2.24, 2.45) is 0 Å². The molecule has 0 bridgehead atoms. The van der Waals surface area contributed by atoms with E-state index in [0.717, 1.165) is 42.6 Å². The van der Waals surface area contributed by atoms with Crippen LogP contribution in [-0.4, -0.2) is 45.4 Å². The topological polar surface area (TPSA) is 85.4 Å². The van der Waals surface area contributed by atoms with Crippen molar-refractivity contribution in [2.75, 3.05) is 19.7 Å². The van der Waals surface area contributed by atoms with Gasteiger partial charge < -0.3 is 19.4 Å². The van der Waals surface area contributed by atoms with E-state index in [1.165, 1.54) is 0 Å². The number of aryl methyl sites for hydroxylation is 3. The van der Waals surface area contributed by atoms with Crippen LogP contribution in [0.15, 0.2) is 16.5 Å².